The molecule has 10 nitrogen and oxygen atoms in total. The number of hydrogen-bond donors (Lipinski definition) is 2. The van der Waals surface area contributed by atoms with Crippen LogP contribution in [0.15, 0.2) is 30.5 Å². The topological polar surface area (TPSA) is 123 Å². The number of hydrogen-bond acceptors (Lipinski definition) is 6. The highest BCUT2D eigenvalue weighted by molar-refractivity contribution is 5.90. The monoisotopic (exact) mass is 516 g/mol. The van der Waals surface area contributed by atoms with Gasteiger partial charge in [0.2, 0.25) is 5.82 Å². The number of nitrogens with one attached hydrogen (secondary N) is 1. The van der Waals surface area contributed by atoms with Gasteiger partial charge in [0.15, 0.2) is 0 Å². The molecular weight excluding hydrogens is 476 g/mol. The smallest absolute Gasteiger partial charge is 0.407 e. The fraction of sp³-hybridized carbons (Fsp3) is 0.556. The lowest BCUT2D eigenvalue weighted by Gasteiger charge is -2.38. The lowest BCUT2D eigenvalue weighted by Crippen LogP contribution is -2.45. The number of ether oxygens (including phenoxy) is 1. The molecule has 2 aromatic rings. The molecule has 204 valence electrons. The van der Waals surface area contributed by atoms with Crippen LogP contribution < -0.4 is 5.32 Å². The van der Waals surface area contributed by atoms with Crippen LogP contribution in [-0.2, 0) is 21.4 Å². The third kappa shape index (κ3) is 8.31. The SMILES string of the molecule is CON(C)C(=O)c1nc(-c2ccc(C([C@@H](CCC(=O)O)NC(=O)OC(C)(C)C)C(C)(C)C)cc2)cn1C. The Labute approximate surface area is 218 Å². The molecule has 0 saturated carbocycles. The molecule has 2 N–H and O–H groups in total. The molecule has 37 heavy (non-hydrogen) atoms. The molecule has 0 spiro atoms. The summed E-state index contributed by atoms with van der Waals surface area (Å²) < 4.78 is 7.10. The number of imidazole rings is 1. The van der Waals surface area contributed by atoms with Gasteiger partial charge in [-0.25, -0.2) is 14.8 Å². The second kappa shape index (κ2) is 11.8. The largest absolute Gasteiger partial charge is 0.481 e. The lowest BCUT2D eigenvalue weighted by molar-refractivity contribution is -0.137. The van der Waals surface area contributed by atoms with E-state index in [2.05, 4.69) is 31.1 Å². The maximum atomic E-state index is 12.6. The van der Waals surface area contributed by atoms with Crippen molar-refractivity contribution in [3.8, 4) is 11.3 Å². The van der Waals surface area contributed by atoms with E-state index in [1.54, 1.807) is 38.6 Å². The van der Waals surface area contributed by atoms with E-state index < -0.39 is 23.7 Å². The number of rotatable bonds is 9. The summed E-state index contributed by atoms with van der Waals surface area (Å²) in [6.07, 6.45) is 1.34. The number of aromatic nitrogens is 2. The summed E-state index contributed by atoms with van der Waals surface area (Å²) in [4.78, 5) is 46.0. The van der Waals surface area contributed by atoms with E-state index >= 15 is 0 Å². The molecule has 0 bridgehead atoms. The molecule has 10 heteroatoms. The lowest BCUT2D eigenvalue weighted by atomic mass is 9.71. The normalized spacial score (nSPS) is 13.5. The van der Waals surface area contributed by atoms with E-state index in [0.29, 0.717) is 5.69 Å². The summed E-state index contributed by atoms with van der Waals surface area (Å²) in [7, 11) is 4.67. The summed E-state index contributed by atoms with van der Waals surface area (Å²) in [5.41, 5.74) is 1.39. The first-order chi connectivity index (χ1) is 17.0. The van der Waals surface area contributed by atoms with Crippen molar-refractivity contribution in [3.05, 3.63) is 41.9 Å². The fourth-order valence-electron chi connectivity index (χ4n) is 4.29. The maximum absolute atomic E-state index is 12.6. The number of carbonyl (C=O) groups is 3. The Hall–Kier alpha value is -3.40. The van der Waals surface area contributed by atoms with Gasteiger partial charge in [-0.15, -0.1) is 0 Å². The minimum atomic E-state index is -0.932. The molecule has 1 aromatic heterocycles. The third-order valence-electron chi connectivity index (χ3n) is 5.90. The fourth-order valence-corrected chi connectivity index (χ4v) is 4.29. The van der Waals surface area contributed by atoms with Crippen LogP contribution in [0, 0.1) is 5.41 Å². The molecule has 0 saturated heterocycles. The number of nitrogens with zero attached hydrogens (tertiary/aromatic N) is 3. The average Bonchev–Trinajstić information content (AvgIpc) is 3.16. The summed E-state index contributed by atoms with van der Waals surface area (Å²) in [5, 5.41) is 13.4. The van der Waals surface area contributed by atoms with Gasteiger partial charge in [0.25, 0.3) is 0 Å². The zero-order valence-electron chi connectivity index (χ0n) is 23.3. The standard InChI is InChI=1S/C27H40N4O6/c1-26(2,3)22(19(14-15-21(32)33)29-25(35)37-27(4,5)6)18-12-10-17(11-13-18)20-16-30(7)23(28-20)24(34)31(8)36-9/h10-13,16,19,22H,14-15H2,1-9H3,(H,29,35)(H,32,33)/t19-,22?/m1/s1. The van der Waals surface area contributed by atoms with Crippen molar-refractivity contribution in [2.24, 2.45) is 12.5 Å². The van der Waals surface area contributed by atoms with E-state index in [0.717, 1.165) is 16.2 Å². The van der Waals surface area contributed by atoms with Crippen molar-refractivity contribution >= 4 is 18.0 Å². The Kier molecular flexibility index (Phi) is 9.49. The average molecular weight is 517 g/mol. The minimum absolute atomic E-state index is 0.0915. The van der Waals surface area contributed by atoms with Crippen molar-refractivity contribution in [2.45, 2.75) is 71.9 Å². The second-order valence-corrected chi connectivity index (χ2v) is 11.2. The van der Waals surface area contributed by atoms with Crippen LogP contribution >= 0.6 is 0 Å². The molecule has 0 aliphatic rings. The number of benzene rings is 1. The Morgan fingerprint density at radius 2 is 1.70 bits per heavy atom. The van der Waals surface area contributed by atoms with E-state index in [1.165, 1.54) is 14.2 Å². The first kappa shape index (κ1) is 29.8. The highest BCUT2D eigenvalue weighted by Gasteiger charge is 2.35. The van der Waals surface area contributed by atoms with Gasteiger partial charge in [0.1, 0.15) is 5.60 Å². The van der Waals surface area contributed by atoms with Crippen molar-refractivity contribution in [3.63, 3.8) is 0 Å². The summed E-state index contributed by atoms with van der Waals surface area (Å²) in [6.45, 7) is 11.5. The molecule has 2 amide bonds. The van der Waals surface area contributed by atoms with E-state index in [-0.39, 0.29) is 35.9 Å². The number of alkyl carbamates (subject to hydrolysis) is 1. The van der Waals surface area contributed by atoms with Crippen molar-refractivity contribution in [2.75, 3.05) is 14.2 Å². The van der Waals surface area contributed by atoms with Gasteiger partial charge in [-0.1, -0.05) is 45.0 Å². The summed E-state index contributed by atoms with van der Waals surface area (Å²) in [6, 6.07) is 7.25. The number of carbonyl (C=O) groups excluding carboxylic acids is 2. The summed E-state index contributed by atoms with van der Waals surface area (Å²) in [5.74, 6) is -1.26. The molecule has 2 atom stereocenters. The number of carboxylic acids is 1. The quantitative estimate of drug-likeness (QED) is 0.467. The first-order valence-electron chi connectivity index (χ1n) is 12.2. The molecule has 1 heterocycles. The van der Waals surface area contributed by atoms with Crippen LogP contribution in [0.25, 0.3) is 11.3 Å². The van der Waals surface area contributed by atoms with Crippen LogP contribution in [0.1, 0.15) is 76.5 Å². The zero-order valence-corrected chi connectivity index (χ0v) is 23.3. The van der Waals surface area contributed by atoms with E-state index in [1.807, 2.05) is 24.3 Å². The Bertz CT molecular complexity index is 1100. The van der Waals surface area contributed by atoms with Crippen LogP contribution in [0.5, 0.6) is 0 Å². The van der Waals surface area contributed by atoms with Gasteiger partial charge in [0, 0.05) is 44.2 Å². The Morgan fingerprint density at radius 1 is 1.11 bits per heavy atom. The number of aliphatic carboxylic acids is 1. The predicted molar refractivity (Wildman–Crippen MR) is 140 cm³/mol. The number of aryl methyl sites for hydroxylation is 1. The third-order valence-corrected chi connectivity index (χ3v) is 5.90. The number of amides is 2. The van der Waals surface area contributed by atoms with Crippen molar-refractivity contribution in [1.29, 1.82) is 0 Å². The second-order valence-electron chi connectivity index (χ2n) is 11.2. The van der Waals surface area contributed by atoms with Gasteiger partial charge >= 0.3 is 18.0 Å². The molecule has 1 unspecified atom stereocenters. The van der Waals surface area contributed by atoms with Gasteiger partial charge in [0.05, 0.1) is 12.8 Å². The number of carboxylic acid groups (broad SMARTS) is 1. The van der Waals surface area contributed by atoms with Crippen LogP contribution in [0.2, 0.25) is 0 Å². The van der Waals surface area contributed by atoms with Crippen molar-refractivity contribution in [1.82, 2.24) is 19.9 Å². The molecule has 1 aromatic carbocycles. The van der Waals surface area contributed by atoms with Gasteiger partial charge < -0.3 is 19.7 Å². The highest BCUT2D eigenvalue weighted by Crippen LogP contribution is 2.40. The molecule has 0 aliphatic heterocycles. The summed E-state index contributed by atoms with van der Waals surface area (Å²) >= 11 is 0. The van der Waals surface area contributed by atoms with Gasteiger partial charge in [-0.05, 0) is 38.2 Å². The van der Waals surface area contributed by atoms with Gasteiger partial charge in [-0.3, -0.25) is 14.4 Å². The molecule has 2 rings (SSSR count). The highest BCUT2D eigenvalue weighted by atomic mass is 16.7. The predicted octanol–water partition coefficient (Wildman–Crippen LogP) is 4.61. The Morgan fingerprint density at radius 3 is 2.19 bits per heavy atom. The number of hydroxylamine groups is 2. The minimum Gasteiger partial charge on any atom is -0.481 e. The molecular formula is C27H40N4O6. The van der Waals surface area contributed by atoms with Crippen LogP contribution in [0.4, 0.5) is 4.79 Å². The molecule has 0 aliphatic carbocycles. The van der Waals surface area contributed by atoms with Crippen molar-refractivity contribution < 1.29 is 29.1 Å². The van der Waals surface area contributed by atoms with Gasteiger partial charge in [-0.2, -0.15) is 0 Å². The molecule has 0 radical (unpaired) electrons. The Balaban J connectivity index is 2.40. The first-order valence-corrected chi connectivity index (χ1v) is 12.2. The maximum Gasteiger partial charge on any atom is 0.407 e. The van der Waals surface area contributed by atoms with Crippen LogP contribution in [-0.4, -0.2) is 63.5 Å². The van der Waals surface area contributed by atoms with E-state index in [9.17, 15) is 19.5 Å². The molecule has 0 fully saturated rings. The van der Waals surface area contributed by atoms with E-state index in [4.69, 9.17) is 9.57 Å². The zero-order chi connectivity index (χ0) is 28.1. The van der Waals surface area contributed by atoms with Crippen LogP contribution in [0.3, 0.4) is 0 Å².